The molecule has 1 heterocycles. The van der Waals surface area contributed by atoms with Crippen LogP contribution in [0.5, 0.6) is 0 Å². The summed E-state index contributed by atoms with van der Waals surface area (Å²) in [5.41, 5.74) is 8.08. The molecular formula is C12H21N3O. The van der Waals surface area contributed by atoms with E-state index < -0.39 is 0 Å². The first-order valence-corrected chi connectivity index (χ1v) is 5.66. The Bertz CT molecular complexity index is 308. The van der Waals surface area contributed by atoms with Crippen molar-refractivity contribution in [3.63, 3.8) is 0 Å². The molecule has 1 rings (SSSR count). The van der Waals surface area contributed by atoms with Crippen LogP contribution in [-0.4, -0.2) is 25.2 Å². The first-order valence-electron chi connectivity index (χ1n) is 5.66. The lowest BCUT2D eigenvalue weighted by Gasteiger charge is -2.19. The van der Waals surface area contributed by atoms with Crippen LogP contribution in [-0.2, 0) is 4.74 Å². The standard InChI is InChI=1S/C12H21N3O/c1-4-7-16-8-10(14-3)11-9(2)5-6-15-12(11)13/h5-6,10,14H,4,7-8H2,1-3H3,(H2,13,15). The Hall–Kier alpha value is -1.13. The number of hydrogen-bond donors (Lipinski definition) is 2. The zero-order valence-corrected chi connectivity index (χ0v) is 10.3. The Balaban J connectivity index is 2.78. The molecule has 0 radical (unpaired) electrons. The number of aromatic nitrogens is 1. The Morgan fingerprint density at radius 3 is 2.88 bits per heavy atom. The van der Waals surface area contributed by atoms with E-state index in [1.807, 2.05) is 20.0 Å². The van der Waals surface area contributed by atoms with Gasteiger partial charge in [-0.2, -0.15) is 0 Å². The van der Waals surface area contributed by atoms with Crippen molar-refractivity contribution in [3.05, 3.63) is 23.4 Å². The Labute approximate surface area is 97.2 Å². The van der Waals surface area contributed by atoms with Gasteiger partial charge in [-0.3, -0.25) is 0 Å². The minimum Gasteiger partial charge on any atom is -0.383 e. The van der Waals surface area contributed by atoms with Crippen LogP contribution in [0.3, 0.4) is 0 Å². The van der Waals surface area contributed by atoms with Gasteiger partial charge in [0.25, 0.3) is 0 Å². The van der Waals surface area contributed by atoms with Crippen LogP contribution < -0.4 is 11.1 Å². The van der Waals surface area contributed by atoms with Crippen molar-refractivity contribution >= 4 is 5.82 Å². The topological polar surface area (TPSA) is 60.2 Å². The number of hydrogen-bond acceptors (Lipinski definition) is 4. The summed E-state index contributed by atoms with van der Waals surface area (Å²) in [6, 6.07) is 2.08. The number of likely N-dealkylation sites (N-methyl/N-ethyl adjacent to an activating group) is 1. The molecule has 1 unspecified atom stereocenters. The van der Waals surface area contributed by atoms with Crippen molar-refractivity contribution in [3.8, 4) is 0 Å². The molecule has 1 aromatic heterocycles. The average Bonchev–Trinajstić information content (AvgIpc) is 2.26. The maximum atomic E-state index is 5.90. The first kappa shape index (κ1) is 12.9. The summed E-state index contributed by atoms with van der Waals surface area (Å²) in [5.74, 6) is 0.583. The summed E-state index contributed by atoms with van der Waals surface area (Å²) in [6.07, 6.45) is 2.76. The van der Waals surface area contributed by atoms with Gasteiger partial charge in [0.1, 0.15) is 5.82 Å². The number of rotatable bonds is 6. The van der Waals surface area contributed by atoms with Crippen LogP contribution >= 0.6 is 0 Å². The molecule has 1 atom stereocenters. The van der Waals surface area contributed by atoms with E-state index >= 15 is 0 Å². The largest absolute Gasteiger partial charge is 0.383 e. The summed E-state index contributed by atoms with van der Waals surface area (Å²) >= 11 is 0. The number of anilines is 1. The highest BCUT2D eigenvalue weighted by molar-refractivity contribution is 5.46. The normalized spacial score (nSPS) is 12.7. The zero-order chi connectivity index (χ0) is 12.0. The van der Waals surface area contributed by atoms with E-state index in [4.69, 9.17) is 10.5 Å². The minimum absolute atomic E-state index is 0.111. The fourth-order valence-electron chi connectivity index (χ4n) is 1.70. The molecular weight excluding hydrogens is 202 g/mol. The van der Waals surface area contributed by atoms with Gasteiger partial charge in [-0.25, -0.2) is 4.98 Å². The van der Waals surface area contributed by atoms with Crippen LogP contribution in [0.2, 0.25) is 0 Å². The highest BCUT2D eigenvalue weighted by Crippen LogP contribution is 2.22. The molecule has 16 heavy (non-hydrogen) atoms. The second kappa shape index (κ2) is 6.45. The summed E-state index contributed by atoms with van der Waals surface area (Å²) < 4.78 is 5.55. The summed E-state index contributed by atoms with van der Waals surface area (Å²) in [5, 5.41) is 3.21. The van der Waals surface area contributed by atoms with E-state index in [2.05, 4.69) is 17.2 Å². The van der Waals surface area contributed by atoms with Crippen molar-refractivity contribution in [2.75, 3.05) is 26.0 Å². The fourth-order valence-corrected chi connectivity index (χ4v) is 1.70. The molecule has 0 amide bonds. The second-order valence-corrected chi connectivity index (χ2v) is 3.84. The predicted molar refractivity (Wildman–Crippen MR) is 66.3 cm³/mol. The predicted octanol–water partition coefficient (Wildman–Crippen LogP) is 1.66. The summed E-state index contributed by atoms with van der Waals surface area (Å²) in [7, 11) is 1.91. The summed E-state index contributed by atoms with van der Waals surface area (Å²) in [4.78, 5) is 4.12. The molecule has 1 aromatic rings. The number of nitrogen functional groups attached to an aromatic ring is 1. The molecule has 3 N–H and O–H groups in total. The van der Waals surface area contributed by atoms with Crippen molar-refractivity contribution < 1.29 is 4.74 Å². The SMILES string of the molecule is CCCOCC(NC)c1c(C)ccnc1N. The maximum absolute atomic E-state index is 5.90. The molecule has 0 spiro atoms. The van der Waals surface area contributed by atoms with Gasteiger partial charge in [0.2, 0.25) is 0 Å². The third-order valence-electron chi connectivity index (χ3n) is 2.57. The zero-order valence-electron chi connectivity index (χ0n) is 10.3. The average molecular weight is 223 g/mol. The lowest BCUT2D eigenvalue weighted by molar-refractivity contribution is 0.114. The maximum Gasteiger partial charge on any atom is 0.128 e. The number of nitrogens with two attached hydrogens (primary N) is 1. The minimum atomic E-state index is 0.111. The fraction of sp³-hybridized carbons (Fsp3) is 0.583. The lowest BCUT2D eigenvalue weighted by atomic mass is 10.0. The van der Waals surface area contributed by atoms with Crippen LogP contribution in [0.25, 0.3) is 0 Å². The molecule has 0 fully saturated rings. The van der Waals surface area contributed by atoms with E-state index in [1.54, 1.807) is 6.20 Å². The van der Waals surface area contributed by atoms with Crippen molar-refractivity contribution in [2.24, 2.45) is 0 Å². The molecule has 0 aromatic carbocycles. The third kappa shape index (κ3) is 3.18. The Morgan fingerprint density at radius 1 is 1.56 bits per heavy atom. The quantitative estimate of drug-likeness (QED) is 0.720. The van der Waals surface area contributed by atoms with Gasteiger partial charge >= 0.3 is 0 Å². The van der Waals surface area contributed by atoms with Crippen LogP contribution in [0, 0.1) is 6.92 Å². The van der Waals surface area contributed by atoms with Crippen molar-refractivity contribution in [1.29, 1.82) is 0 Å². The van der Waals surface area contributed by atoms with Crippen LogP contribution in [0.1, 0.15) is 30.5 Å². The number of pyridine rings is 1. The molecule has 0 aliphatic carbocycles. The van der Waals surface area contributed by atoms with Gasteiger partial charge in [0, 0.05) is 18.4 Å². The molecule has 0 aliphatic heterocycles. The molecule has 4 heteroatoms. The van der Waals surface area contributed by atoms with Gasteiger partial charge in [-0.1, -0.05) is 6.92 Å². The first-order chi connectivity index (χ1) is 7.70. The van der Waals surface area contributed by atoms with Gasteiger partial charge in [0.15, 0.2) is 0 Å². The molecule has 90 valence electrons. The molecule has 0 saturated heterocycles. The second-order valence-electron chi connectivity index (χ2n) is 3.84. The molecule has 0 saturated carbocycles. The van der Waals surface area contributed by atoms with Crippen LogP contribution in [0.4, 0.5) is 5.82 Å². The van der Waals surface area contributed by atoms with E-state index in [9.17, 15) is 0 Å². The molecule has 4 nitrogen and oxygen atoms in total. The molecule has 0 aliphatic rings. The monoisotopic (exact) mass is 223 g/mol. The molecule has 0 bridgehead atoms. The highest BCUT2D eigenvalue weighted by Gasteiger charge is 2.15. The van der Waals surface area contributed by atoms with Crippen molar-refractivity contribution in [1.82, 2.24) is 10.3 Å². The number of nitrogens with one attached hydrogen (secondary N) is 1. The Morgan fingerprint density at radius 2 is 2.31 bits per heavy atom. The summed E-state index contributed by atoms with van der Waals surface area (Å²) in [6.45, 7) is 5.54. The number of aryl methyl sites for hydroxylation is 1. The van der Waals surface area contributed by atoms with Gasteiger partial charge in [-0.05, 0) is 32.0 Å². The van der Waals surface area contributed by atoms with Gasteiger partial charge < -0.3 is 15.8 Å². The van der Waals surface area contributed by atoms with Gasteiger partial charge in [-0.15, -0.1) is 0 Å². The Kier molecular flexibility index (Phi) is 5.22. The smallest absolute Gasteiger partial charge is 0.128 e. The van der Waals surface area contributed by atoms with E-state index in [0.717, 1.165) is 24.2 Å². The van der Waals surface area contributed by atoms with Crippen LogP contribution in [0.15, 0.2) is 12.3 Å². The third-order valence-corrected chi connectivity index (χ3v) is 2.57. The number of nitrogens with zero attached hydrogens (tertiary/aromatic N) is 1. The van der Waals surface area contributed by atoms with Gasteiger partial charge in [0.05, 0.1) is 12.6 Å². The van der Waals surface area contributed by atoms with E-state index in [1.165, 1.54) is 0 Å². The highest BCUT2D eigenvalue weighted by atomic mass is 16.5. The van der Waals surface area contributed by atoms with E-state index in [-0.39, 0.29) is 6.04 Å². The lowest BCUT2D eigenvalue weighted by Crippen LogP contribution is -2.24. The number of ether oxygens (including phenoxy) is 1. The van der Waals surface area contributed by atoms with Crippen molar-refractivity contribution in [2.45, 2.75) is 26.3 Å². The van der Waals surface area contributed by atoms with E-state index in [0.29, 0.717) is 12.4 Å².